The minimum Gasteiger partial charge on any atom is -0.322 e. The van der Waals surface area contributed by atoms with Crippen molar-refractivity contribution in [1.29, 1.82) is 0 Å². The second kappa shape index (κ2) is 7.63. The van der Waals surface area contributed by atoms with E-state index in [-0.39, 0.29) is 0 Å². The molecule has 0 aliphatic heterocycles. The van der Waals surface area contributed by atoms with Crippen molar-refractivity contribution in [3.8, 4) is 0 Å². The molecule has 3 heterocycles. The van der Waals surface area contributed by atoms with E-state index in [0.29, 0.717) is 13.1 Å². The first kappa shape index (κ1) is 19.5. The van der Waals surface area contributed by atoms with Crippen LogP contribution in [0.15, 0.2) is 63.5 Å². The minimum atomic E-state index is 0.642. The highest BCUT2D eigenvalue weighted by molar-refractivity contribution is 9.13. The van der Waals surface area contributed by atoms with Gasteiger partial charge < -0.3 is 9.13 Å². The number of nitrogens with zero attached hydrogens (tertiary/aromatic N) is 5. The van der Waals surface area contributed by atoms with Gasteiger partial charge in [-0.3, -0.25) is 4.98 Å². The molecule has 0 fully saturated rings. The number of imidazole rings is 2. The molecule has 150 valence electrons. The van der Waals surface area contributed by atoms with Gasteiger partial charge in [-0.15, -0.1) is 0 Å². The maximum atomic E-state index is 5.00. The molecule has 2 aromatic carbocycles. The number of hydrogen-bond donors (Lipinski definition) is 0. The van der Waals surface area contributed by atoms with Gasteiger partial charge in [-0.25, -0.2) is 9.97 Å². The number of halogens is 2. The number of aromatic nitrogens is 5. The molecule has 30 heavy (non-hydrogen) atoms. The summed E-state index contributed by atoms with van der Waals surface area (Å²) >= 11 is 7.42. The van der Waals surface area contributed by atoms with Crippen LogP contribution >= 0.6 is 31.9 Å². The third kappa shape index (κ3) is 3.36. The van der Waals surface area contributed by atoms with Crippen molar-refractivity contribution in [2.75, 3.05) is 0 Å². The van der Waals surface area contributed by atoms with Gasteiger partial charge in [0.1, 0.15) is 11.6 Å². The molecule has 5 aromatic rings. The van der Waals surface area contributed by atoms with Gasteiger partial charge in [-0.1, -0.05) is 24.3 Å². The van der Waals surface area contributed by atoms with E-state index in [9.17, 15) is 0 Å². The lowest BCUT2D eigenvalue weighted by Crippen LogP contribution is -2.09. The van der Waals surface area contributed by atoms with Crippen LogP contribution < -0.4 is 0 Å². The molecule has 5 nitrogen and oxygen atoms in total. The molecule has 0 spiro atoms. The average Bonchev–Trinajstić information content (AvgIpc) is 3.22. The highest BCUT2D eigenvalue weighted by Gasteiger charge is 2.15. The van der Waals surface area contributed by atoms with Crippen molar-refractivity contribution >= 4 is 53.9 Å². The van der Waals surface area contributed by atoms with E-state index in [4.69, 9.17) is 4.98 Å². The molecule has 0 aliphatic carbocycles. The summed E-state index contributed by atoms with van der Waals surface area (Å²) in [4.78, 5) is 14.4. The van der Waals surface area contributed by atoms with Crippen molar-refractivity contribution in [1.82, 2.24) is 24.1 Å². The Balaban J connectivity index is 1.56. The summed E-state index contributed by atoms with van der Waals surface area (Å²) in [6.07, 6.45) is 0. The molecular weight excluding hydrogens is 506 g/mol. The molecule has 0 N–H and O–H groups in total. The van der Waals surface area contributed by atoms with Crippen LogP contribution in [0.4, 0.5) is 0 Å². The van der Waals surface area contributed by atoms with Gasteiger partial charge in [-0.05, 0) is 76.0 Å². The van der Waals surface area contributed by atoms with Crippen LogP contribution in [0.2, 0.25) is 0 Å². The highest BCUT2D eigenvalue weighted by Crippen LogP contribution is 2.29. The molecule has 7 heteroatoms. The van der Waals surface area contributed by atoms with E-state index in [2.05, 4.69) is 69.2 Å². The molecule has 0 bridgehead atoms. The molecule has 0 saturated carbocycles. The van der Waals surface area contributed by atoms with Gasteiger partial charge in [-0.2, -0.15) is 0 Å². The predicted octanol–water partition coefficient (Wildman–Crippen LogP) is 6.02. The highest BCUT2D eigenvalue weighted by atomic mass is 79.9. The van der Waals surface area contributed by atoms with Crippen molar-refractivity contribution in [3.63, 3.8) is 0 Å². The fourth-order valence-corrected chi connectivity index (χ4v) is 4.71. The van der Waals surface area contributed by atoms with Crippen LogP contribution in [0.3, 0.4) is 0 Å². The Kier molecular flexibility index (Phi) is 4.95. The molecule has 0 radical (unpaired) electrons. The predicted molar refractivity (Wildman–Crippen MR) is 127 cm³/mol. The minimum absolute atomic E-state index is 0.642. The number of pyridine rings is 1. The number of rotatable bonds is 4. The van der Waals surface area contributed by atoms with E-state index in [1.165, 1.54) is 0 Å². The van der Waals surface area contributed by atoms with Gasteiger partial charge in [0.25, 0.3) is 0 Å². The zero-order valence-corrected chi connectivity index (χ0v) is 19.8. The Bertz CT molecular complexity index is 1400. The lowest BCUT2D eigenvalue weighted by Gasteiger charge is -2.13. The third-order valence-electron chi connectivity index (χ3n) is 5.35. The summed E-state index contributed by atoms with van der Waals surface area (Å²) < 4.78 is 6.37. The lowest BCUT2D eigenvalue weighted by atomic mass is 10.2. The molecule has 5 rings (SSSR count). The van der Waals surface area contributed by atoms with E-state index < -0.39 is 0 Å². The maximum Gasteiger partial charge on any atom is 0.107 e. The normalized spacial score (nSPS) is 11.6. The van der Waals surface area contributed by atoms with Crippen LogP contribution in [0.5, 0.6) is 0 Å². The van der Waals surface area contributed by atoms with Crippen molar-refractivity contribution < 1.29 is 0 Å². The fraction of sp³-hybridized carbons (Fsp3) is 0.174. The summed E-state index contributed by atoms with van der Waals surface area (Å²) in [5.41, 5.74) is 6.19. The molecular formula is C23H19Br2N5. The lowest BCUT2D eigenvalue weighted by molar-refractivity contribution is 0.725. The molecule has 0 saturated heterocycles. The summed E-state index contributed by atoms with van der Waals surface area (Å²) in [7, 11) is 0. The smallest absolute Gasteiger partial charge is 0.107 e. The zero-order chi connectivity index (χ0) is 20.8. The van der Waals surface area contributed by atoms with Crippen LogP contribution in [0.1, 0.15) is 23.0 Å². The van der Waals surface area contributed by atoms with Gasteiger partial charge >= 0.3 is 0 Å². The number of aryl methyl sites for hydroxylation is 2. The molecule has 0 amide bonds. The Morgan fingerprint density at radius 3 is 1.87 bits per heavy atom. The summed E-state index contributed by atoms with van der Waals surface area (Å²) in [6, 6.07) is 18.5. The number of benzene rings is 2. The topological polar surface area (TPSA) is 48.5 Å². The Morgan fingerprint density at radius 1 is 0.733 bits per heavy atom. The second-order valence-corrected chi connectivity index (χ2v) is 8.97. The van der Waals surface area contributed by atoms with E-state index >= 15 is 0 Å². The second-order valence-electron chi connectivity index (χ2n) is 7.32. The quantitative estimate of drug-likeness (QED) is 0.289. The number of para-hydroxylation sites is 4. The van der Waals surface area contributed by atoms with Crippen LogP contribution in [-0.2, 0) is 13.1 Å². The summed E-state index contributed by atoms with van der Waals surface area (Å²) in [6.45, 7) is 5.38. The molecule has 3 aromatic heterocycles. The fourth-order valence-electron chi connectivity index (χ4n) is 3.89. The first-order chi connectivity index (χ1) is 14.5. The first-order valence-electron chi connectivity index (χ1n) is 9.69. The maximum absolute atomic E-state index is 5.00. The SMILES string of the molecule is Cc1nc2ccccc2n1Cc1cc(Br)c(Br)c(Cn2c(C)nc3ccccc32)n1. The Morgan fingerprint density at radius 2 is 1.27 bits per heavy atom. The van der Waals surface area contributed by atoms with Crippen LogP contribution in [0.25, 0.3) is 22.1 Å². The average molecular weight is 525 g/mol. The van der Waals surface area contributed by atoms with Gasteiger partial charge in [0.15, 0.2) is 0 Å². The van der Waals surface area contributed by atoms with Crippen LogP contribution in [0, 0.1) is 13.8 Å². The Labute approximate surface area is 191 Å². The van der Waals surface area contributed by atoms with Gasteiger partial charge in [0.2, 0.25) is 0 Å². The van der Waals surface area contributed by atoms with Gasteiger partial charge in [0.05, 0.1) is 51.0 Å². The first-order valence-corrected chi connectivity index (χ1v) is 11.3. The Hall–Kier alpha value is -2.51. The molecule has 0 aliphatic rings. The summed E-state index contributed by atoms with van der Waals surface area (Å²) in [5, 5.41) is 0. The number of hydrogen-bond acceptors (Lipinski definition) is 3. The van der Waals surface area contributed by atoms with Crippen molar-refractivity contribution in [2.45, 2.75) is 26.9 Å². The number of fused-ring (bicyclic) bond motifs is 2. The zero-order valence-electron chi connectivity index (χ0n) is 16.6. The standard InChI is InChI=1S/C23H19Br2N5/c1-14-26-18-7-3-5-9-21(18)29(14)12-16-11-17(24)23(25)20(28-16)13-30-15(2)27-19-8-4-6-10-22(19)30/h3-11H,12-13H2,1-2H3. The molecule has 0 atom stereocenters. The van der Waals surface area contributed by atoms with Crippen molar-refractivity contribution in [3.05, 3.63) is 86.6 Å². The van der Waals surface area contributed by atoms with E-state index in [1.54, 1.807) is 0 Å². The molecule has 0 unspecified atom stereocenters. The van der Waals surface area contributed by atoms with Gasteiger partial charge in [0, 0.05) is 4.47 Å². The monoisotopic (exact) mass is 523 g/mol. The van der Waals surface area contributed by atoms with Crippen LogP contribution in [-0.4, -0.2) is 24.1 Å². The van der Waals surface area contributed by atoms with Crippen molar-refractivity contribution in [2.24, 2.45) is 0 Å². The van der Waals surface area contributed by atoms with E-state index in [1.807, 2.05) is 50.2 Å². The summed E-state index contributed by atoms with van der Waals surface area (Å²) in [5.74, 6) is 1.96. The van der Waals surface area contributed by atoms with E-state index in [0.717, 1.165) is 54.0 Å². The third-order valence-corrected chi connectivity index (χ3v) is 7.40. The largest absolute Gasteiger partial charge is 0.322 e.